The summed E-state index contributed by atoms with van der Waals surface area (Å²) in [7, 11) is 2.10. The highest BCUT2D eigenvalue weighted by Crippen LogP contribution is 2.14. The first-order chi connectivity index (χ1) is 13.6. The molecule has 0 radical (unpaired) electrons. The van der Waals surface area contributed by atoms with Crippen LogP contribution in [0.3, 0.4) is 0 Å². The van der Waals surface area contributed by atoms with Gasteiger partial charge in [0.25, 0.3) is 11.8 Å². The minimum atomic E-state index is -0.150. The number of anilines is 1. The van der Waals surface area contributed by atoms with Crippen LogP contribution < -0.4 is 4.90 Å². The average Bonchev–Trinajstić information content (AvgIpc) is 3.28. The number of carbonyl (C=O) groups excluding carboxylic acids is 2. The van der Waals surface area contributed by atoms with Gasteiger partial charge in [0, 0.05) is 52.4 Å². The van der Waals surface area contributed by atoms with Gasteiger partial charge < -0.3 is 24.0 Å². The summed E-state index contributed by atoms with van der Waals surface area (Å²) >= 11 is 0. The molecule has 0 unspecified atom stereocenters. The fourth-order valence-corrected chi connectivity index (χ4v) is 3.46. The van der Waals surface area contributed by atoms with Gasteiger partial charge in [-0.2, -0.15) is 0 Å². The van der Waals surface area contributed by atoms with Gasteiger partial charge in [0.2, 0.25) is 0 Å². The lowest BCUT2D eigenvalue weighted by Gasteiger charge is -2.34. The van der Waals surface area contributed by atoms with E-state index in [1.807, 2.05) is 0 Å². The largest absolute Gasteiger partial charge is 0.459 e. The maximum Gasteiger partial charge on any atom is 0.289 e. The maximum atomic E-state index is 12.7. The lowest BCUT2D eigenvalue weighted by atomic mass is 10.2. The number of hydrogen-bond donors (Lipinski definition) is 0. The molecule has 2 amide bonds. The van der Waals surface area contributed by atoms with E-state index in [4.69, 9.17) is 4.42 Å². The Morgan fingerprint density at radius 1 is 0.893 bits per heavy atom. The SMILES string of the molecule is CN1CCN(c2cnc(C(=O)N3CCN(C(=O)c4ccco4)CC3)cn2)CC1. The van der Waals surface area contributed by atoms with Crippen LogP contribution in [0, 0.1) is 0 Å². The van der Waals surface area contributed by atoms with Crippen molar-refractivity contribution in [3.05, 3.63) is 42.2 Å². The number of aromatic nitrogens is 2. The molecule has 2 aliphatic rings. The van der Waals surface area contributed by atoms with Gasteiger partial charge in [-0.25, -0.2) is 9.97 Å². The van der Waals surface area contributed by atoms with Crippen LogP contribution in [0.1, 0.15) is 21.0 Å². The molecule has 2 fully saturated rings. The Kier molecular flexibility index (Phi) is 5.25. The van der Waals surface area contributed by atoms with E-state index in [0.29, 0.717) is 37.6 Å². The predicted molar refractivity (Wildman–Crippen MR) is 102 cm³/mol. The van der Waals surface area contributed by atoms with Crippen molar-refractivity contribution in [2.45, 2.75) is 0 Å². The molecule has 2 saturated heterocycles. The zero-order chi connectivity index (χ0) is 19.5. The molecule has 28 heavy (non-hydrogen) atoms. The predicted octanol–water partition coefficient (Wildman–Crippen LogP) is 0.420. The number of likely N-dealkylation sites (N-methyl/N-ethyl adjacent to an activating group) is 1. The van der Waals surface area contributed by atoms with Gasteiger partial charge in [-0.05, 0) is 19.2 Å². The Hall–Kier alpha value is -2.94. The molecular weight excluding hydrogens is 360 g/mol. The summed E-state index contributed by atoms with van der Waals surface area (Å²) in [6.45, 7) is 5.66. The fraction of sp³-hybridized carbons (Fsp3) is 0.474. The van der Waals surface area contributed by atoms with Crippen LogP contribution in [0.15, 0.2) is 35.2 Å². The molecule has 148 valence electrons. The third kappa shape index (κ3) is 3.84. The van der Waals surface area contributed by atoms with Crippen LogP contribution in [0.4, 0.5) is 5.82 Å². The topological polar surface area (TPSA) is 86.0 Å². The molecule has 2 aliphatic heterocycles. The van der Waals surface area contributed by atoms with Gasteiger partial charge in [0.1, 0.15) is 11.5 Å². The molecule has 0 spiro atoms. The van der Waals surface area contributed by atoms with Crippen molar-refractivity contribution in [2.24, 2.45) is 0 Å². The summed E-state index contributed by atoms with van der Waals surface area (Å²) < 4.78 is 5.16. The molecule has 0 atom stereocenters. The number of piperazine rings is 2. The molecular formula is C19H24N6O3. The summed E-state index contributed by atoms with van der Waals surface area (Å²) in [5.74, 6) is 0.833. The first-order valence-electron chi connectivity index (χ1n) is 9.49. The van der Waals surface area contributed by atoms with E-state index in [2.05, 4.69) is 26.8 Å². The highest BCUT2D eigenvalue weighted by molar-refractivity contribution is 5.93. The summed E-state index contributed by atoms with van der Waals surface area (Å²) in [6.07, 6.45) is 4.71. The van der Waals surface area contributed by atoms with Gasteiger partial charge in [-0.15, -0.1) is 0 Å². The number of amides is 2. The lowest BCUT2D eigenvalue weighted by Crippen LogP contribution is -2.50. The zero-order valence-electron chi connectivity index (χ0n) is 16.0. The van der Waals surface area contributed by atoms with Crippen molar-refractivity contribution in [3.8, 4) is 0 Å². The molecule has 0 aliphatic carbocycles. The second-order valence-corrected chi connectivity index (χ2v) is 7.11. The highest BCUT2D eigenvalue weighted by Gasteiger charge is 2.27. The summed E-state index contributed by atoms with van der Waals surface area (Å²) in [4.78, 5) is 41.7. The quantitative estimate of drug-likeness (QED) is 0.758. The average molecular weight is 384 g/mol. The minimum absolute atomic E-state index is 0.145. The number of hydrogen-bond acceptors (Lipinski definition) is 7. The zero-order valence-corrected chi connectivity index (χ0v) is 16.0. The Morgan fingerprint density at radius 3 is 2.14 bits per heavy atom. The summed E-state index contributed by atoms with van der Waals surface area (Å²) in [5.41, 5.74) is 0.337. The minimum Gasteiger partial charge on any atom is -0.459 e. The van der Waals surface area contributed by atoms with Crippen molar-refractivity contribution in [1.82, 2.24) is 24.7 Å². The number of carbonyl (C=O) groups is 2. The first-order valence-corrected chi connectivity index (χ1v) is 9.49. The van der Waals surface area contributed by atoms with Crippen LogP contribution in [-0.4, -0.2) is 95.9 Å². The normalized spacial score (nSPS) is 18.4. The van der Waals surface area contributed by atoms with Crippen LogP contribution >= 0.6 is 0 Å². The maximum absolute atomic E-state index is 12.7. The van der Waals surface area contributed by atoms with E-state index in [0.717, 1.165) is 32.0 Å². The van der Waals surface area contributed by atoms with Gasteiger partial charge in [-0.1, -0.05) is 0 Å². The molecule has 4 heterocycles. The Morgan fingerprint density at radius 2 is 1.57 bits per heavy atom. The van der Waals surface area contributed by atoms with Gasteiger partial charge in [0.15, 0.2) is 5.76 Å². The third-order valence-corrected chi connectivity index (χ3v) is 5.27. The van der Waals surface area contributed by atoms with Crippen molar-refractivity contribution in [3.63, 3.8) is 0 Å². The van der Waals surface area contributed by atoms with E-state index in [1.54, 1.807) is 34.3 Å². The molecule has 2 aromatic rings. The molecule has 0 N–H and O–H groups in total. The smallest absolute Gasteiger partial charge is 0.289 e. The monoisotopic (exact) mass is 384 g/mol. The molecule has 2 aromatic heterocycles. The second kappa shape index (κ2) is 7.97. The van der Waals surface area contributed by atoms with Gasteiger partial charge in [-0.3, -0.25) is 9.59 Å². The van der Waals surface area contributed by atoms with Gasteiger partial charge >= 0.3 is 0 Å². The molecule has 0 bridgehead atoms. The number of rotatable bonds is 3. The lowest BCUT2D eigenvalue weighted by molar-refractivity contribution is 0.0515. The number of nitrogens with zero attached hydrogens (tertiary/aromatic N) is 6. The van der Waals surface area contributed by atoms with Crippen molar-refractivity contribution in [2.75, 3.05) is 64.3 Å². The molecule has 0 aromatic carbocycles. The standard InChI is InChI=1S/C19H24N6O3/c1-22-4-6-23(7-5-22)17-14-20-15(13-21-17)18(26)24-8-10-25(11-9-24)19(27)16-3-2-12-28-16/h2-3,12-14H,4-11H2,1H3. The summed E-state index contributed by atoms with van der Waals surface area (Å²) in [5, 5.41) is 0. The Labute approximate surface area is 163 Å². The molecule has 9 heteroatoms. The van der Waals surface area contributed by atoms with E-state index in [-0.39, 0.29) is 11.8 Å². The van der Waals surface area contributed by atoms with E-state index >= 15 is 0 Å². The van der Waals surface area contributed by atoms with Crippen molar-refractivity contribution >= 4 is 17.6 Å². The molecule has 0 saturated carbocycles. The third-order valence-electron chi connectivity index (χ3n) is 5.27. The van der Waals surface area contributed by atoms with Crippen LogP contribution in [0.25, 0.3) is 0 Å². The van der Waals surface area contributed by atoms with Crippen molar-refractivity contribution < 1.29 is 14.0 Å². The second-order valence-electron chi connectivity index (χ2n) is 7.11. The van der Waals surface area contributed by atoms with Crippen molar-refractivity contribution in [1.29, 1.82) is 0 Å². The van der Waals surface area contributed by atoms with Gasteiger partial charge in [0.05, 0.1) is 18.7 Å². The van der Waals surface area contributed by atoms with E-state index in [1.165, 1.54) is 6.26 Å². The Balaban J connectivity index is 1.33. The first kappa shape index (κ1) is 18.4. The van der Waals surface area contributed by atoms with E-state index < -0.39 is 0 Å². The summed E-state index contributed by atoms with van der Waals surface area (Å²) in [6, 6.07) is 3.34. The number of furan rings is 1. The fourth-order valence-electron chi connectivity index (χ4n) is 3.46. The van der Waals surface area contributed by atoms with Crippen LogP contribution in [-0.2, 0) is 0 Å². The van der Waals surface area contributed by atoms with Crippen LogP contribution in [0.5, 0.6) is 0 Å². The highest BCUT2D eigenvalue weighted by atomic mass is 16.3. The van der Waals surface area contributed by atoms with E-state index in [9.17, 15) is 9.59 Å². The Bertz CT molecular complexity index is 807. The molecule has 9 nitrogen and oxygen atoms in total. The molecule has 4 rings (SSSR count). The van der Waals surface area contributed by atoms with Crippen LogP contribution in [0.2, 0.25) is 0 Å².